The Kier molecular flexibility index (Phi) is 6.26. The van der Waals surface area contributed by atoms with E-state index in [4.69, 9.17) is 16.5 Å². The van der Waals surface area contributed by atoms with Crippen LogP contribution >= 0.6 is 6.34 Å². The SMILES string of the molecule is CCOC(=O)c1ccc(N2C(=O)c3cc(N(C)C)ccc3[P@@]2(=S)N2CCc3ccccc3C2)cc1. The fourth-order valence-corrected chi connectivity index (χ4v) is 9.22. The molecule has 3 aromatic rings. The van der Waals surface area contributed by atoms with E-state index in [0.717, 1.165) is 24.0 Å². The largest absolute Gasteiger partial charge is 0.462 e. The van der Waals surface area contributed by atoms with Gasteiger partial charge in [0.25, 0.3) is 5.91 Å². The van der Waals surface area contributed by atoms with E-state index in [9.17, 15) is 9.59 Å². The number of ether oxygens (including phenoxy) is 1. The first kappa shape index (κ1) is 23.7. The van der Waals surface area contributed by atoms with Crippen LogP contribution in [0, 0.1) is 0 Å². The Morgan fingerprint density at radius 2 is 1.77 bits per heavy atom. The number of fused-ring (bicyclic) bond motifs is 2. The summed E-state index contributed by atoms with van der Waals surface area (Å²) in [6.07, 6.45) is -1.77. The third-order valence-electron chi connectivity index (χ3n) is 6.62. The average molecular weight is 506 g/mol. The van der Waals surface area contributed by atoms with Gasteiger partial charge in [-0.2, -0.15) is 0 Å². The molecule has 0 unspecified atom stereocenters. The highest BCUT2D eigenvalue weighted by atomic mass is 32.4. The molecule has 5 rings (SSSR count). The van der Waals surface area contributed by atoms with Crippen molar-refractivity contribution in [3.05, 3.63) is 89.0 Å². The van der Waals surface area contributed by atoms with E-state index < -0.39 is 6.34 Å². The quantitative estimate of drug-likeness (QED) is 0.374. The molecule has 8 heteroatoms. The Morgan fingerprint density at radius 1 is 1.06 bits per heavy atom. The van der Waals surface area contributed by atoms with Gasteiger partial charge in [0.1, 0.15) is 6.34 Å². The van der Waals surface area contributed by atoms with E-state index in [1.807, 2.05) is 54.0 Å². The number of hydrogen-bond donors (Lipinski definition) is 0. The predicted octanol–water partition coefficient (Wildman–Crippen LogP) is 4.58. The van der Waals surface area contributed by atoms with Crippen molar-refractivity contribution < 1.29 is 14.3 Å². The topological polar surface area (TPSA) is 53.1 Å². The van der Waals surface area contributed by atoms with Crippen LogP contribution < -0.4 is 14.9 Å². The van der Waals surface area contributed by atoms with Crippen molar-refractivity contribution in [2.45, 2.75) is 19.9 Å². The van der Waals surface area contributed by atoms with Crippen molar-refractivity contribution in [1.29, 1.82) is 0 Å². The first-order chi connectivity index (χ1) is 16.8. The second-order valence-electron chi connectivity index (χ2n) is 8.93. The van der Waals surface area contributed by atoms with Gasteiger partial charge in [0, 0.05) is 38.2 Å². The predicted molar refractivity (Wildman–Crippen MR) is 144 cm³/mol. The standard InChI is InChI=1S/C27H28N3O3PS/c1-4-33-27(32)20-9-11-22(12-10-20)30-26(31)24-17-23(28(2)3)13-14-25(24)34(30,35)29-16-15-19-7-5-6-8-21(19)18-29/h5-14,17H,4,15-16,18H2,1-3H3/t34-/m1/s1. The number of carbonyl (C=O) groups is 2. The summed E-state index contributed by atoms with van der Waals surface area (Å²) in [5.74, 6) is -0.465. The second kappa shape index (κ2) is 9.23. The van der Waals surface area contributed by atoms with Gasteiger partial charge in [-0.3, -0.25) is 14.1 Å². The van der Waals surface area contributed by atoms with E-state index in [-0.39, 0.29) is 11.9 Å². The van der Waals surface area contributed by atoms with Gasteiger partial charge in [-0.1, -0.05) is 36.1 Å². The molecular weight excluding hydrogens is 477 g/mol. The summed E-state index contributed by atoms with van der Waals surface area (Å²) in [5, 5.41) is 0.928. The molecule has 180 valence electrons. The minimum Gasteiger partial charge on any atom is -0.462 e. The Morgan fingerprint density at radius 3 is 2.46 bits per heavy atom. The average Bonchev–Trinajstić information content (AvgIpc) is 3.10. The zero-order chi connectivity index (χ0) is 24.7. The zero-order valence-corrected chi connectivity index (χ0v) is 21.8. The Hall–Kier alpha value is -2.99. The lowest BCUT2D eigenvalue weighted by Gasteiger charge is -2.41. The second-order valence-corrected chi connectivity index (χ2v) is 13.0. The summed E-state index contributed by atoms with van der Waals surface area (Å²) < 4.78 is 9.26. The van der Waals surface area contributed by atoms with Crippen molar-refractivity contribution in [3.63, 3.8) is 0 Å². The highest BCUT2D eigenvalue weighted by Gasteiger charge is 2.47. The zero-order valence-electron chi connectivity index (χ0n) is 20.1. The Labute approximate surface area is 211 Å². The number of anilines is 2. The summed E-state index contributed by atoms with van der Waals surface area (Å²) >= 11 is 6.52. The minimum absolute atomic E-state index is 0.0882. The highest BCUT2D eigenvalue weighted by Crippen LogP contribution is 2.60. The number of rotatable bonds is 5. The molecule has 0 aromatic heterocycles. The van der Waals surface area contributed by atoms with Crippen molar-refractivity contribution in [3.8, 4) is 0 Å². The highest BCUT2D eigenvalue weighted by molar-refractivity contribution is 8.18. The van der Waals surface area contributed by atoms with Crippen LogP contribution in [0.25, 0.3) is 0 Å². The molecule has 2 aliphatic heterocycles. The molecule has 2 aliphatic rings. The molecule has 0 bridgehead atoms. The molecule has 0 aliphatic carbocycles. The van der Waals surface area contributed by atoms with Crippen LogP contribution in [0.3, 0.4) is 0 Å². The molecule has 0 radical (unpaired) electrons. The van der Waals surface area contributed by atoms with Crippen LogP contribution in [-0.4, -0.2) is 43.8 Å². The normalized spacial score (nSPS) is 19.3. The Balaban J connectivity index is 1.61. The van der Waals surface area contributed by atoms with Gasteiger partial charge < -0.3 is 9.64 Å². The van der Waals surface area contributed by atoms with Crippen LogP contribution in [0.5, 0.6) is 0 Å². The number of nitrogens with zero attached hydrogens (tertiary/aromatic N) is 3. The van der Waals surface area contributed by atoms with Crippen LogP contribution in [0.2, 0.25) is 0 Å². The molecule has 3 aromatic carbocycles. The number of hydrogen-bond acceptors (Lipinski definition) is 5. The third-order valence-corrected chi connectivity index (χ3v) is 11.5. The maximum Gasteiger partial charge on any atom is 0.338 e. The Bertz CT molecular complexity index is 1360. The number of amides is 1. The summed E-state index contributed by atoms with van der Waals surface area (Å²) in [7, 11) is 3.93. The summed E-state index contributed by atoms with van der Waals surface area (Å²) in [4.78, 5) is 28.1. The van der Waals surface area contributed by atoms with Crippen molar-refractivity contribution in [1.82, 2.24) is 4.67 Å². The summed E-state index contributed by atoms with van der Waals surface area (Å²) in [5.41, 5.74) is 5.37. The lowest BCUT2D eigenvalue weighted by Crippen LogP contribution is -2.37. The molecule has 0 fully saturated rings. The lowest BCUT2D eigenvalue weighted by molar-refractivity contribution is 0.0526. The van der Waals surface area contributed by atoms with Crippen molar-refractivity contribution >= 4 is 46.7 Å². The molecule has 0 saturated carbocycles. The molecular formula is C27H28N3O3PS. The summed E-state index contributed by atoms with van der Waals surface area (Å²) in [6, 6.07) is 21.5. The van der Waals surface area contributed by atoms with E-state index in [1.54, 1.807) is 19.1 Å². The van der Waals surface area contributed by atoms with Gasteiger partial charge in [-0.25, -0.2) is 4.79 Å². The molecule has 0 saturated heterocycles. The van der Waals surface area contributed by atoms with Gasteiger partial charge >= 0.3 is 5.97 Å². The maximum absolute atomic E-state index is 13.9. The smallest absolute Gasteiger partial charge is 0.338 e. The van der Waals surface area contributed by atoms with Gasteiger partial charge in [0.15, 0.2) is 0 Å². The van der Waals surface area contributed by atoms with Crippen LogP contribution in [-0.2, 0) is 29.5 Å². The minimum atomic E-state index is -2.67. The molecule has 1 amide bonds. The molecule has 0 N–H and O–H groups in total. The molecule has 2 heterocycles. The van der Waals surface area contributed by atoms with E-state index in [2.05, 4.69) is 28.9 Å². The first-order valence-electron chi connectivity index (χ1n) is 11.7. The lowest BCUT2D eigenvalue weighted by atomic mass is 10.0. The number of carbonyl (C=O) groups excluding carboxylic acids is 2. The van der Waals surface area contributed by atoms with Crippen LogP contribution in [0.15, 0.2) is 66.7 Å². The fourth-order valence-electron chi connectivity index (χ4n) is 4.79. The third kappa shape index (κ3) is 3.98. The van der Waals surface area contributed by atoms with Crippen molar-refractivity contribution in [2.24, 2.45) is 0 Å². The van der Waals surface area contributed by atoms with E-state index in [0.29, 0.717) is 30.0 Å². The summed E-state index contributed by atoms with van der Waals surface area (Å²) in [6.45, 7) is 3.58. The van der Waals surface area contributed by atoms with Crippen LogP contribution in [0.4, 0.5) is 11.4 Å². The molecule has 6 nitrogen and oxygen atoms in total. The monoisotopic (exact) mass is 505 g/mol. The van der Waals surface area contributed by atoms with Gasteiger partial charge in [0.05, 0.1) is 23.4 Å². The maximum atomic E-state index is 13.9. The van der Waals surface area contributed by atoms with Gasteiger partial charge in [-0.05, 0) is 66.9 Å². The van der Waals surface area contributed by atoms with Crippen LogP contribution in [0.1, 0.15) is 38.8 Å². The first-order valence-corrected chi connectivity index (χ1v) is 14.4. The molecule has 1 atom stereocenters. The van der Waals surface area contributed by atoms with E-state index in [1.165, 1.54) is 11.1 Å². The van der Waals surface area contributed by atoms with Crippen molar-refractivity contribution in [2.75, 3.05) is 36.8 Å². The fraction of sp³-hybridized carbons (Fsp3) is 0.259. The van der Waals surface area contributed by atoms with Gasteiger partial charge in [-0.15, -0.1) is 0 Å². The number of benzene rings is 3. The molecule has 35 heavy (non-hydrogen) atoms. The van der Waals surface area contributed by atoms with E-state index >= 15 is 0 Å². The molecule has 0 spiro atoms. The van der Waals surface area contributed by atoms with Gasteiger partial charge in [0.2, 0.25) is 0 Å². The number of esters is 1.